The van der Waals surface area contributed by atoms with Gasteiger partial charge in [-0.2, -0.15) is 0 Å². The maximum absolute atomic E-state index is 12.5. The largest absolute Gasteiger partial charge is 0.451 e. The number of carbonyl (C=O) groups is 5. The number of hydrogen-bond donors (Lipinski definition) is 2. The average Bonchev–Trinajstić information content (AvgIpc) is 3.02. The van der Waals surface area contributed by atoms with Gasteiger partial charge in [0.2, 0.25) is 0 Å². The summed E-state index contributed by atoms with van der Waals surface area (Å²) in [5.41, 5.74) is 5.12. The Morgan fingerprint density at radius 1 is 0.833 bits per heavy atom. The monoisotopic (exact) mass is 409 g/mol. The molecule has 1 aliphatic heterocycles. The van der Waals surface area contributed by atoms with E-state index in [0.717, 1.165) is 4.90 Å². The van der Waals surface area contributed by atoms with E-state index in [1.54, 1.807) is 42.5 Å². The molecule has 9 heteroatoms. The fourth-order valence-corrected chi connectivity index (χ4v) is 2.87. The van der Waals surface area contributed by atoms with E-state index in [1.807, 2.05) is 0 Å². The van der Waals surface area contributed by atoms with Crippen molar-refractivity contribution in [3.05, 3.63) is 71.3 Å². The Morgan fingerprint density at radius 3 is 1.93 bits per heavy atom. The van der Waals surface area contributed by atoms with Crippen LogP contribution in [0.3, 0.4) is 0 Å². The topological polar surface area (TPSA) is 122 Å². The minimum Gasteiger partial charge on any atom is -0.451 e. The Hall–Kier alpha value is -4.01. The first-order valence-electron chi connectivity index (χ1n) is 9.14. The number of carbonyl (C=O) groups excluding carboxylic acids is 5. The molecule has 2 N–H and O–H groups in total. The summed E-state index contributed by atoms with van der Waals surface area (Å²) in [5, 5.41) is 0. The predicted octanol–water partition coefficient (Wildman–Crippen LogP) is 1.06. The molecule has 4 amide bonds. The molecule has 0 fully saturated rings. The Morgan fingerprint density at radius 2 is 1.37 bits per heavy atom. The minimum absolute atomic E-state index is 0.205. The van der Waals surface area contributed by atoms with Gasteiger partial charge >= 0.3 is 5.97 Å². The molecule has 0 aliphatic carbocycles. The molecule has 1 aliphatic rings. The highest BCUT2D eigenvalue weighted by atomic mass is 16.5. The van der Waals surface area contributed by atoms with Crippen LogP contribution in [0.4, 0.5) is 0 Å². The van der Waals surface area contributed by atoms with E-state index >= 15 is 0 Å². The summed E-state index contributed by atoms with van der Waals surface area (Å²) in [6, 6.07) is 13.2. The molecule has 2 aromatic carbocycles. The van der Waals surface area contributed by atoms with E-state index in [2.05, 4.69) is 10.9 Å². The number of hydrogen-bond acceptors (Lipinski definition) is 6. The number of ether oxygens (including phenoxy) is 1. The van der Waals surface area contributed by atoms with Crippen molar-refractivity contribution >= 4 is 29.6 Å². The molecule has 154 valence electrons. The van der Waals surface area contributed by atoms with E-state index in [-0.39, 0.29) is 11.1 Å². The van der Waals surface area contributed by atoms with Crippen molar-refractivity contribution in [2.45, 2.75) is 26.0 Å². The number of imide groups is 1. The molecule has 0 unspecified atom stereocenters. The third-order valence-corrected chi connectivity index (χ3v) is 4.55. The Labute approximate surface area is 172 Å². The molecule has 2 aromatic rings. The smallest absolute Gasteiger partial charge is 0.329 e. The highest BCUT2D eigenvalue weighted by Gasteiger charge is 2.41. The fraction of sp³-hybridized carbons (Fsp3) is 0.190. The number of fused-ring (bicyclic) bond motifs is 1. The Balaban J connectivity index is 1.56. The number of rotatable bonds is 5. The zero-order chi connectivity index (χ0) is 21.8. The number of nitrogens with zero attached hydrogens (tertiary/aromatic N) is 1. The van der Waals surface area contributed by atoms with Gasteiger partial charge in [-0.3, -0.25) is 34.9 Å². The summed E-state index contributed by atoms with van der Waals surface area (Å²) in [6.07, 6.45) is -1.27. The van der Waals surface area contributed by atoms with Gasteiger partial charge in [0.15, 0.2) is 6.10 Å². The number of esters is 1. The number of benzene rings is 2. The summed E-state index contributed by atoms with van der Waals surface area (Å²) in [5.74, 6) is -3.45. The van der Waals surface area contributed by atoms with Gasteiger partial charge in [-0.05, 0) is 38.1 Å². The van der Waals surface area contributed by atoms with E-state index < -0.39 is 41.7 Å². The first kappa shape index (κ1) is 20.7. The van der Waals surface area contributed by atoms with Crippen LogP contribution in [0, 0.1) is 0 Å². The number of amides is 4. The van der Waals surface area contributed by atoms with Crippen molar-refractivity contribution in [2.24, 2.45) is 0 Å². The summed E-state index contributed by atoms with van der Waals surface area (Å²) >= 11 is 0. The molecule has 1 heterocycles. The molecule has 0 bridgehead atoms. The fourth-order valence-electron chi connectivity index (χ4n) is 2.87. The second-order valence-corrected chi connectivity index (χ2v) is 6.59. The zero-order valence-electron chi connectivity index (χ0n) is 16.2. The molecule has 0 aromatic heterocycles. The molecule has 9 nitrogen and oxygen atoms in total. The maximum Gasteiger partial charge on any atom is 0.329 e. The predicted molar refractivity (Wildman–Crippen MR) is 104 cm³/mol. The molecular weight excluding hydrogens is 390 g/mol. The highest BCUT2D eigenvalue weighted by molar-refractivity contribution is 6.22. The van der Waals surface area contributed by atoms with Gasteiger partial charge in [-0.1, -0.05) is 30.3 Å². The first-order valence-corrected chi connectivity index (χ1v) is 9.14. The van der Waals surface area contributed by atoms with E-state index in [9.17, 15) is 24.0 Å². The lowest BCUT2D eigenvalue weighted by Gasteiger charge is -2.22. The average molecular weight is 409 g/mol. The lowest BCUT2D eigenvalue weighted by molar-refractivity contribution is -0.158. The van der Waals surface area contributed by atoms with Crippen LogP contribution in [0.25, 0.3) is 0 Å². The van der Waals surface area contributed by atoms with E-state index in [4.69, 9.17) is 4.74 Å². The van der Waals surface area contributed by atoms with Gasteiger partial charge in [0.25, 0.3) is 23.6 Å². The molecule has 0 saturated carbocycles. The van der Waals surface area contributed by atoms with Crippen LogP contribution in [-0.4, -0.2) is 46.6 Å². The quantitative estimate of drug-likeness (QED) is 0.433. The van der Waals surface area contributed by atoms with Crippen LogP contribution in [0.1, 0.15) is 44.9 Å². The molecule has 30 heavy (non-hydrogen) atoms. The van der Waals surface area contributed by atoms with Crippen LogP contribution >= 0.6 is 0 Å². The molecule has 0 radical (unpaired) electrons. The number of hydrazine groups is 1. The minimum atomic E-state index is -1.27. The van der Waals surface area contributed by atoms with E-state index in [1.165, 1.54) is 26.0 Å². The molecule has 0 saturated heterocycles. The third-order valence-electron chi connectivity index (χ3n) is 4.55. The number of nitrogens with one attached hydrogen (secondary N) is 2. The Bertz CT molecular complexity index is 985. The summed E-state index contributed by atoms with van der Waals surface area (Å²) in [4.78, 5) is 62.2. The van der Waals surface area contributed by atoms with Crippen molar-refractivity contribution in [3.8, 4) is 0 Å². The van der Waals surface area contributed by atoms with Crippen molar-refractivity contribution in [1.29, 1.82) is 0 Å². The lowest BCUT2D eigenvalue weighted by Crippen LogP contribution is -2.49. The summed E-state index contributed by atoms with van der Waals surface area (Å²) in [6.45, 7) is 2.64. The molecule has 0 spiro atoms. The van der Waals surface area contributed by atoms with Gasteiger partial charge in [-0.25, -0.2) is 4.79 Å². The zero-order valence-corrected chi connectivity index (χ0v) is 16.2. The third kappa shape index (κ3) is 4.04. The van der Waals surface area contributed by atoms with Gasteiger partial charge < -0.3 is 4.74 Å². The van der Waals surface area contributed by atoms with Crippen LogP contribution < -0.4 is 10.9 Å². The van der Waals surface area contributed by atoms with Crippen molar-refractivity contribution in [2.75, 3.05) is 0 Å². The van der Waals surface area contributed by atoms with Crippen LogP contribution in [0.15, 0.2) is 54.6 Å². The normalized spacial score (nSPS) is 14.5. The maximum atomic E-state index is 12.5. The second kappa shape index (κ2) is 8.56. The molecular formula is C21H19N3O6. The van der Waals surface area contributed by atoms with Gasteiger partial charge in [0.1, 0.15) is 6.04 Å². The SMILES string of the molecule is C[C@H](OC(=O)[C@H](C)N1C(=O)c2ccccc2C1=O)C(=O)NNC(=O)c1ccccc1. The van der Waals surface area contributed by atoms with Crippen LogP contribution in [0.5, 0.6) is 0 Å². The lowest BCUT2D eigenvalue weighted by atomic mass is 10.1. The van der Waals surface area contributed by atoms with E-state index in [0.29, 0.717) is 5.56 Å². The van der Waals surface area contributed by atoms with Crippen molar-refractivity contribution in [1.82, 2.24) is 15.8 Å². The summed E-state index contributed by atoms with van der Waals surface area (Å²) in [7, 11) is 0. The van der Waals surface area contributed by atoms with Gasteiger partial charge in [0.05, 0.1) is 11.1 Å². The molecule has 2 atom stereocenters. The highest BCUT2D eigenvalue weighted by Crippen LogP contribution is 2.24. The first-order chi connectivity index (χ1) is 14.3. The summed E-state index contributed by atoms with van der Waals surface area (Å²) < 4.78 is 5.07. The van der Waals surface area contributed by atoms with Crippen molar-refractivity contribution < 1.29 is 28.7 Å². The van der Waals surface area contributed by atoms with Crippen molar-refractivity contribution in [3.63, 3.8) is 0 Å². The molecule has 3 rings (SSSR count). The van der Waals surface area contributed by atoms with Gasteiger partial charge in [-0.15, -0.1) is 0 Å². The van der Waals surface area contributed by atoms with Crippen LogP contribution in [0.2, 0.25) is 0 Å². The second-order valence-electron chi connectivity index (χ2n) is 6.59. The Kier molecular flexibility index (Phi) is 5.91. The standard InChI is InChI=1S/C21H19N3O6/c1-12(24-19(27)15-10-6-7-11-16(15)20(24)28)21(29)30-13(2)17(25)22-23-18(26)14-8-4-3-5-9-14/h3-13H,1-2H3,(H,22,25)(H,23,26)/t12-,13-/m0/s1. The van der Waals surface area contributed by atoms with Crippen LogP contribution in [-0.2, 0) is 14.3 Å². The van der Waals surface area contributed by atoms with Gasteiger partial charge in [0, 0.05) is 5.56 Å².